The van der Waals surface area contributed by atoms with Crippen molar-refractivity contribution < 1.29 is 4.42 Å². The normalized spacial score (nSPS) is 13.1. The third-order valence-electron chi connectivity index (χ3n) is 12.8. The van der Waals surface area contributed by atoms with E-state index >= 15 is 0 Å². The standard InChI is InChI=1S/C57H39NO/c1-57(2)49-22-11-9-20-46(49)54-50(57)23-13-24-51(54)58(41-30-28-37(29-31-41)39-27-26-36-14-3-4-15-38(36)34-39)52-33-32-45(56-55(52)47-21-10-12-25-53(47)59-56)48-35-40-16-5-6-17-42(40)43-18-7-8-19-44(43)48/h3-35H,1-2H3. The van der Waals surface area contributed by atoms with Crippen LogP contribution in [0.3, 0.4) is 0 Å². The third kappa shape index (κ3) is 5.06. The summed E-state index contributed by atoms with van der Waals surface area (Å²) in [5.74, 6) is 0. The van der Waals surface area contributed by atoms with E-state index in [1.54, 1.807) is 0 Å². The summed E-state index contributed by atoms with van der Waals surface area (Å²) in [7, 11) is 0. The zero-order valence-corrected chi connectivity index (χ0v) is 32.9. The molecule has 0 bridgehead atoms. The first-order chi connectivity index (χ1) is 29.0. The summed E-state index contributed by atoms with van der Waals surface area (Å²) in [6, 6.07) is 73.1. The van der Waals surface area contributed by atoms with Gasteiger partial charge in [-0.1, -0.05) is 166 Å². The monoisotopic (exact) mass is 753 g/mol. The molecule has 0 N–H and O–H groups in total. The summed E-state index contributed by atoms with van der Waals surface area (Å²) in [6.07, 6.45) is 0. The van der Waals surface area contributed by atoms with Crippen molar-refractivity contribution in [2.75, 3.05) is 4.90 Å². The Kier molecular flexibility index (Phi) is 7.31. The van der Waals surface area contributed by atoms with Crippen LogP contribution < -0.4 is 4.90 Å². The second-order valence-corrected chi connectivity index (χ2v) is 16.4. The van der Waals surface area contributed by atoms with Crippen LogP contribution in [-0.2, 0) is 5.41 Å². The second kappa shape index (κ2) is 12.8. The van der Waals surface area contributed by atoms with Crippen molar-refractivity contribution in [3.8, 4) is 33.4 Å². The summed E-state index contributed by atoms with van der Waals surface area (Å²) in [5, 5.41) is 9.59. The maximum atomic E-state index is 7.03. The van der Waals surface area contributed by atoms with E-state index in [9.17, 15) is 0 Å². The van der Waals surface area contributed by atoms with Crippen LogP contribution in [0.5, 0.6) is 0 Å². The zero-order valence-electron chi connectivity index (χ0n) is 32.9. The Balaban J connectivity index is 1.14. The molecule has 0 fully saturated rings. The SMILES string of the molecule is CC1(C)c2ccccc2-c2c(N(c3ccc(-c4ccc5ccccc5c4)cc3)c3ccc(-c4cc5ccccc5c5ccccc45)c4oc5ccccc5c34)cccc21. The molecule has 12 rings (SSSR count). The fourth-order valence-corrected chi connectivity index (χ4v) is 9.99. The van der Waals surface area contributed by atoms with E-state index in [0.29, 0.717) is 0 Å². The van der Waals surface area contributed by atoms with Crippen LogP contribution in [0.4, 0.5) is 17.1 Å². The molecule has 0 amide bonds. The van der Waals surface area contributed by atoms with Gasteiger partial charge in [0.1, 0.15) is 11.2 Å². The maximum Gasteiger partial charge on any atom is 0.145 e. The van der Waals surface area contributed by atoms with Crippen molar-refractivity contribution in [3.05, 3.63) is 211 Å². The number of para-hydroxylation sites is 1. The highest BCUT2D eigenvalue weighted by Crippen LogP contribution is 2.56. The summed E-state index contributed by atoms with van der Waals surface area (Å²) in [4.78, 5) is 2.48. The smallest absolute Gasteiger partial charge is 0.145 e. The van der Waals surface area contributed by atoms with E-state index < -0.39 is 0 Å². The van der Waals surface area contributed by atoms with Gasteiger partial charge in [-0.05, 0) is 114 Å². The van der Waals surface area contributed by atoms with E-state index in [0.717, 1.165) is 50.1 Å². The van der Waals surface area contributed by atoms with Gasteiger partial charge in [0.25, 0.3) is 0 Å². The summed E-state index contributed by atoms with van der Waals surface area (Å²) in [6.45, 7) is 4.71. The van der Waals surface area contributed by atoms with Crippen molar-refractivity contribution in [3.63, 3.8) is 0 Å². The highest BCUT2D eigenvalue weighted by molar-refractivity contribution is 6.21. The molecule has 1 aliphatic rings. The molecule has 0 spiro atoms. The van der Waals surface area contributed by atoms with Crippen LogP contribution in [0.25, 0.3) is 87.6 Å². The highest BCUT2D eigenvalue weighted by Gasteiger charge is 2.38. The highest BCUT2D eigenvalue weighted by atomic mass is 16.3. The van der Waals surface area contributed by atoms with Gasteiger partial charge >= 0.3 is 0 Å². The topological polar surface area (TPSA) is 16.4 Å². The van der Waals surface area contributed by atoms with Crippen LogP contribution in [0.1, 0.15) is 25.0 Å². The predicted octanol–water partition coefficient (Wildman–Crippen LogP) is 16.2. The molecule has 1 aromatic heterocycles. The van der Waals surface area contributed by atoms with Crippen molar-refractivity contribution in [1.82, 2.24) is 0 Å². The fraction of sp³-hybridized carbons (Fsp3) is 0.0526. The first-order valence-corrected chi connectivity index (χ1v) is 20.5. The lowest BCUT2D eigenvalue weighted by atomic mass is 9.82. The Morgan fingerprint density at radius 3 is 1.92 bits per heavy atom. The molecule has 11 aromatic rings. The molecule has 0 aliphatic heterocycles. The van der Waals surface area contributed by atoms with Crippen LogP contribution in [0.2, 0.25) is 0 Å². The number of fused-ring (bicyclic) bond motifs is 10. The Hall–Kier alpha value is -7.42. The van der Waals surface area contributed by atoms with Crippen molar-refractivity contribution in [2.45, 2.75) is 19.3 Å². The summed E-state index contributed by atoms with van der Waals surface area (Å²) >= 11 is 0. The minimum atomic E-state index is -0.147. The van der Waals surface area contributed by atoms with Crippen LogP contribution in [0.15, 0.2) is 205 Å². The lowest BCUT2D eigenvalue weighted by Gasteiger charge is -2.30. The van der Waals surface area contributed by atoms with E-state index in [4.69, 9.17) is 4.42 Å². The van der Waals surface area contributed by atoms with Crippen molar-refractivity contribution in [1.29, 1.82) is 0 Å². The van der Waals surface area contributed by atoms with Gasteiger partial charge in [0.2, 0.25) is 0 Å². The predicted molar refractivity (Wildman–Crippen MR) is 249 cm³/mol. The number of nitrogens with zero attached hydrogens (tertiary/aromatic N) is 1. The Bertz CT molecular complexity index is 3480. The summed E-state index contributed by atoms with van der Waals surface area (Å²) < 4.78 is 7.03. The van der Waals surface area contributed by atoms with Crippen molar-refractivity contribution in [2.24, 2.45) is 0 Å². The fourth-order valence-electron chi connectivity index (χ4n) is 9.99. The number of rotatable bonds is 5. The van der Waals surface area contributed by atoms with E-state index in [1.807, 2.05) is 0 Å². The van der Waals surface area contributed by atoms with E-state index in [2.05, 4.69) is 219 Å². The van der Waals surface area contributed by atoms with Gasteiger partial charge in [0.15, 0.2) is 0 Å². The Morgan fingerprint density at radius 2 is 1.07 bits per heavy atom. The lowest BCUT2D eigenvalue weighted by Crippen LogP contribution is -2.16. The average molecular weight is 754 g/mol. The van der Waals surface area contributed by atoms with Gasteiger partial charge in [-0.15, -0.1) is 0 Å². The van der Waals surface area contributed by atoms with Crippen molar-refractivity contribution >= 4 is 71.3 Å². The lowest BCUT2D eigenvalue weighted by molar-refractivity contribution is 0.660. The molecule has 0 radical (unpaired) electrons. The second-order valence-electron chi connectivity index (χ2n) is 16.4. The van der Waals surface area contributed by atoms with Gasteiger partial charge in [-0.2, -0.15) is 0 Å². The van der Waals surface area contributed by atoms with Gasteiger partial charge < -0.3 is 9.32 Å². The van der Waals surface area contributed by atoms with Crippen LogP contribution in [0, 0.1) is 0 Å². The van der Waals surface area contributed by atoms with Gasteiger partial charge in [-0.25, -0.2) is 0 Å². The number of benzene rings is 10. The molecular formula is C57H39NO. The first kappa shape index (κ1) is 33.7. The number of hydrogen-bond acceptors (Lipinski definition) is 2. The van der Waals surface area contributed by atoms with Crippen LogP contribution >= 0.6 is 0 Å². The average Bonchev–Trinajstić information content (AvgIpc) is 3.79. The number of anilines is 3. The van der Waals surface area contributed by atoms with Crippen LogP contribution in [-0.4, -0.2) is 0 Å². The molecule has 1 aliphatic carbocycles. The summed E-state index contributed by atoms with van der Waals surface area (Å²) in [5.41, 5.74) is 14.8. The molecule has 0 unspecified atom stereocenters. The molecule has 2 heteroatoms. The number of hydrogen-bond donors (Lipinski definition) is 0. The molecule has 0 atom stereocenters. The quantitative estimate of drug-likeness (QED) is 0.163. The van der Waals surface area contributed by atoms with Gasteiger partial charge in [0, 0.05) is 27.6 Å². The molecule has 0 saturated heterocycles. The minimum absolute atomic E-state index is 0.147. The van der Waals surface area contributed by atoms with Gasteiger partial charge in [-0.3, -0.25) is 0 Å². The maximum absolute atomic E-state index is 7.03. The van der Waals surface area contributed by atoms with E-state index in [-0.39, 0.29) is 5.41 Å². The molecule has 1 heterocycles. The Labute approximate surface area is 343 Å². The molecule has 0 saturated carbocycles. The molecule has 10 aromatic carbocycles. The molecular weight excluding hydrogens is 715 g/mol. The number of furan rings is 1. The van der Waals surface area contributed by atoms with Gasteiger partial charge in [0.05, 0.1) is 16.8 Å². The first-order valence-electron chi connectivity index (χ1n) is 20.5. The molecule has 59 heavy (non-hydrogen) atoms. The largest absolute Gasteiger partial charge is 0.455 e. The molecule has 278 valence electrons. The third-order valence-corrected chi connectivity index (χ3v) is 12.8. The molecule has 2 nitrogen and oxygen atoms in total. The van der Waals surface area contributed by atoms with E-state index in [1.165, 1.54) is 65.7 Å². The minimum Gasteiger partial charge on any atom is -0.455 e. The Morgan fingerprint density at radius 1 is 0.407 bits per heavy atom. The zero-order chi connectivity index (χ0) is 39.2.